The summed E-state index contributed by atoms with van der Waals surface area (Å²) in [7, 11) is -3.65. The third-order valence-electron chi connectivity index (χ3n) is 2.64. The van der Waals surface area contributed by atoms with Gasteiger partial charge in [-0.1, -0.05) is 23.2 Å². The lowest BCUT2D eigenvalue weighted by Crippen LogP contribution is -2.29. The number of nitrogens with zero attached hydrogens (tertiary/aromatic N) is 2. The second-order valence-electron chi connectivity index (χ2n) is 5.07. The maximum absolute atomic E-state index is 12.3. The first-order valence-corrected chi connectivity index (χ1v) is 7.74. The molecule has 1 heterocycles. The zero-order chi connectivity index (χ0) is 14.4. The highest BCUT2D eigenvalue weighted by molar-refractivity contribution is 7.92. The fraction of sp³-hybridized carbons (Fsp3) is 0.333. The molecule has 0 aliphatic heterocycles. The normalized spacial score (nSPS) is 12.9. The summed E-state index contributed by atoms with van der Waals surface area (Å²) in [4.78, 5) is 7.96. The minimum absolute atomic E-state index is 0.101. The number of benzene rings is 1. The molecule has 2 aromatic rings. The summed E-state index contributed by atoms with van der Waals surface area (Å²) in [5.74, 6) is 0. The second-order valence-corrected chi connectivity index (χ2v) is 8.47. The van der Waals surface area contributed by atoms with Crippen molar-refractivity contribution < 1.29 is 8.42 Å². The molecule has 102 valence electrons. The maximum Gasteiger partial charge on any atom is 0.249 e. The number of rotatable bonds is 1. The Morgan fingerprint density at radius 1 is 1.11 bits per heavy atom. The second kappa shape index (κ2) is 4.58. The Labute approximate surface area is 121 Å². The van der Waals surface area contributed by atoms with Crippen LogP contribution in [0.3, 0.4) is 0 Å². The molecule has 0 radical (unpaired) electrons. The van der Waals surface area contributed by atoms with Crippen LogP contribution in [0.5, 0.6) is 0 Å². The molecule has 0 amide bonds. The van der Waals surface area contributed by atoms with Gasteiger partial charge in [-0.05, 0) is 39.0 Å². The van der Waals surface area contributed by atoms with Crippen LogP contribution in [0.15, 0.2) is 23.4 Å². The Morgan fingerprint density at radius 3 is 2.32 bits per heavy atom. The standard InChI is InChI=1S/C12H12Cl2N2O2S/c1-12(2,3)19(17,18)11-15-9-6-7(13)4-5-8(9)10(14)16-11/h4-6H,1-3H3. The van der Waals surface area contributed by atoms with E-state index in [1.54, 1.807) is 39.0 Å². The zero-order valence-corrected chi connectivity index (χ0v) is 12.9. The Kier molecular flexibility index (Phi) is 3.49. The average molecular weight is 319 g/mol. The van der Waals surface area contributed by atoms with Crippen LogP contribution in [-0.2, 0) is 9.84 Å². The van der Waals surface area contributed by atoms with E-state index in [4.69, 9.17) is 23.2 Å². The first kappa shape index (κ1) is 14.5. The molecule has 1 aromatic heterocycles. The highest BCUT2D eigenvalue weighted by Gasteiger charge is 2.34. The molecule has 0 bridgehead atoms. The van der Waals surface area contributed by atoms with Crippen molar-refractivity contribution in [1.82, 2.24) is 9.97 Å². The molecule has 19 heavy (non-hydrogen) atoms. The average Bonchev–Trinajstić information content (AvgIpc) is 2.26. The van der Waals surface area contributed by atoms with Gasteiger partial charge in [0, 0.05) is 10.4 Å². The van der Waals surface area contributed by atoms with Crippen molar-refractivity contribution in [1.29, 1.82) is 0 Å². The molecule has 0 N–H and O–H groups in total. The van der Waals surface area contributed by atoms with Gasteiger partial charge in [0.2, 0.25) is 15.0 Å². The summed E-state index contributed by atoms with van der Waals surface area (Å²) in [6, 6.07) is 4.87. The predicted octanol–water partition coefficient (Wildman–Crippen LogP) is 3.51. The molecular formula is C12H12Cl2N2O2S. The summed E-state index contributed by atoms with van der Waals surface area (Å²) >= 11 is 11.9. The highest BCUT2D eigenvalue weighted by atomic mass is 35.5. The summed E-state index contributed by atoms with van der Waals surface area (Å²) in [6.07, 6.45) is 0. The van der Waals surface area contributed by atoms with E-state index in [2.05, 4.69) is 9.97 Å². The van der Waals surface area contributed by atoms with Crippen molar-refractivity contribution in [3.05, 3.63) is 28.4 Å². The number of halogens is 2. The van der Waals surface area contributed by atoms with E-state index in [0.717, 1.165) is 0 Å². The minimum Gasteiger partial charge on any atom is -0.220 e. The monoisotopic (exact) mass is 318 g/mol. The van der Waals surface area contributed by atoms with E-state index < -0.39 is 14.6 Å². The van der Waals surface area contributed by atoms with Gasteiger partial charge in [0.15, 0.2) is 0 Å². The van der Waals surface area contributed by atoms with E-state index in [9.17, 15) is 8.42 Å². The summed E-state index contributed by atoms with van der Waals surface area (Å²) in [6.45, 7) is 4.76. The lowest BCUT2D eigenvalue weighted by Gasteiger charge is -2.18. The molecule has 0 aliphatic carbocycles. The molecule has 0 spiro atoms. The van der Waals surface area contributed by atoms with Crippen LogP contribution >= 0.6 is 23.2 Å². The van der Waals surface area contributed by atoms with Gasteiger partial charge in [0.25, 0.3) is 0 Å². The van der Waals surface area contributed by atoms with Gasteiger partial charge in [-0.15, -0.1) is 0 Å². The maximum atomic E-state index is 12.3. The van der Waals surface area contributed by atoms with Gasteiger partial charge >= 0.3 is 0 Å². The molecule has 7 heteroatoms. The smallest absolute Gasteiger partial charge is 0.220 e. The molecule has 0 aliphatic rings. The summed E-state index contributed by atoms with van der Waals surface area (Å²) < 4.78 is 23.6. The van der Waals surface area contributed by atoms with Crippen molar-refractivity contribution in [2.75, 3.05) is 0 Å². The van der Waals surface area contributed by atoms with Gasteiger partial charge in [0.1, 0.15) is 5.15 Å². The fourth-order valence-corrected chi connectivity index (χ4v) is 2.87. The third kappa shape index (κ3) is 2.55. The summed E-state index contributed by atoms with van der Waals surface area (Å²) in [5, 5.41) is 0.851. The number of hydrogen-bond donors (Lipinski definition) is 0. The topological polar surface area (TPSA) is 59.9 Å². The lowest BCUT2D eigenvalue weighted by molar-refractivity contribution is 0.551. The van der Waals surface area contributed by atoms with Crippen molar-refractivity contribution >= 4 is 43.9 Å². The van der Waals surface area contributed by atoms with Crippen molar-refractivity contribution in [3.8, 4) is 0 Å². The first-order valence-electron chi connectivity index (χ1n) is 5.50. The molecule has 0 saturated heterocycles. The van der Waals surface area contributed by atoms with Crippen LogP contribution in [0.1, 0.15) is 20.8 Å². The van der Waals surface area contributed by atoms with Gasteiger partial charge in [-0.2, -0.15) is 0 Å². The molecule has 0 unspecified atom stereocenters. The number of aromatic nitrogens is 2. The predicted molar refractivity (Wildman–Crippen MR) is 76.5 cm³/mol. The van der Waals surface area contributed by atoms with Crippen LogP contribution < -0.4 is 0 Å². The van der Waals surface area contributed by atoms with Crippen LogP contribution in [-0.4, -0.2) is 23.1 Å². The van der Waals surface area contributed by atoms with Gasteiger partial charge in [-0.25, -0.2) is 18.4 Å². The quantitative estimate of drug-likeness (QED) is 0.596. The van der Waals surface area contributed by atoms with Crippen LogP contribution in [0.4, 0.5) is 0 Å². The van der Waals surface area contributed by atoms with Crippen molar-refractivity contribution in [2.45, 2.75) is 30.7 Å². The molecule has 1 aromatic carbocycles. The molecule has 4 nitrogen and oxygen atoms in total. The Hall–Kier alpha value is -0.910. The van der Waals surface area contributed by atoms with E-state index in [1.165, 1.54) is 0 Å². The lowest BCUT2D eigenvalue weighted by atomic mass is 10.2. The number of hydrogen-bond acceptors (Lipinski definition) is 4. The van der Waals surface area contributed by atoms with Crippen LogP contribution in [0.25, 0.3) is 10.9 Å². The molecule has 2 rings (SSSR count). The first-order chi connectivity index (χ1) is 8.63. The highest BCUT2D eigenvalue weighted by Crippen LogP contribution is 2.28. The largest absolute Gasteiger partial charge is 0.249 e. The van der Waals surface area contributed by atoms with Crippen molar-refractivity contribution in [2.24, 2.45) is 0 Å². The van der Waals surface area contributed by atoms with E-state index >= 15 is 0 Å². The third-order valence-corrected chi connectivity index (χ3v) is 5.44. The Bertz CT molecular complexity index is 752. The van der Waals surface area contributed by atoms with E-state index in [0.29, 0.717) is 15.9 Å². The Morgan fingerprint density at radius 2 is 1.74 bits per heavy atom. The minimum atomic E-state index is -3.65. The molecule has 0 fully saturated rings. The van der Waals surface area contributed by atoms with E-state index in [-0.39, 0.29) is 10.3 Å². The number of fused-ring (bicyclic) bond motifs is 1. The van der Waals surface area contributed by atoms with E-state index in [1.807, 2.05) is 0 Å². The van der Waals surface area contributed by atoms with Gasteiger partial charge in [0.05, 0.1) is 10.3 Å². The number of sulfone groups is 1. The van der Waals surface area contributed by atoms with Gasteiger partial charge < -0.3 is 0 Å². The van der Waals surface area contributed by atoms with Gasteiger partial charge in [-0.3, -0.25) is 0 Å². The van der Waals surface area contributed by atoms with Crippen LogP contribution in [0.2, 0.25) is 10.2 Å². The molecular weight excluding hydrogens is 307 g/mol. The SMILES string of the molecule is CC(C)(C)S(=O)(=O)c1nc(Cl)c2ccc(Cl)cc2n1. The molecule has 0 saturated carbocycles. The Balaban J connectivity index is 2.78. The van der Waals surface area contributed by atoms with Crippen LogP contribution in [0, 0.1) is 0 Å². The molecule has 0 atom stereocenters. The summed E-state index contributed by atoms with van der Waals surface area (Å²) in [5.41, 5.74) is 0.412. The fourth-order valence-electron chi connectivity index (χ4n) is 1.44. The van der Waals surface area contributed by atoms with Crippen molar-refractivity contribution in [3.63, 3.8) is 0 Å². The zero-order valence-electron chi connectivity index (χ0n) is 10.6.